The van der Waals surface area contributed by atoms with Crippen LogP contribution in [0.4, 0.5) is 11.5 Å². The molecule has 0 amide bonds. The van der Waals surface area contributed by atoms with E-state index in [1.807, 2.05) is 24.4 Å². The van der Waals surface area contributed by atoms with Crippen molar-refractivity contribution < 1.29 is 5.11 Å². The molecule has 25 heavy (non-hydrogen) atoms. The molecule has 0 saturated heterocycles. The predicted octanol–water partition coefficient (Wildman–Crippen LogP) is 2.86. The summed E-state index contributed by atoms with van der Waals surface area (Å²) in [7, 11) is 0. The number of benzene rings is 1. The number of para-hydroxylation sites is 1. The lowest BCUT2D eigenvalue weighted by atomic mass is 10.2. The van der Waals surface area contributed by atoms with Gasteiger partial charge >= 0.3 is 0 Å². The number of rotatable bonds is 6. The zero-order chi connectivity index (χ0) is 17.1. The molecule has 0 aliphatic carbocycles. The van der Waals surface area contributed by atoms with Gasteiger partial charge in [0.25, 0.3) is 0 Å². The van der Waals surface area contributed by atoms with Gasteiger partial charge in [-0.15, -0.1) is 0 Å². The SMILES string of the molecule is OCCCCN1Cc2ncnc(Nc3cnc4ccccc4c3)c2C1. The van der Waals surface area contributed by atoms with Crippen LogP contribution in [0.5, 0.6) is 0 Å². The van der Waals surface area contributed by atoms with Crippen molar-refractivity contribution in [3.63, 3.8) is 0 Å². The largest absolute Gasteiger partial charge is 0.396 e. The summed E-state index contributed by atoms with van der Waals surface area (Å²) >= 11 is 0. The molecule has 0 saturated carbocycles. The Morgan fingerprint density at radius 1 is 1.08 bits per heavy atom. The Morgan fingerprint density at radius 2 is 2.00 bits per heavy atom. The first-order chi connectivity index (χ1) is 12.3. The second kappa shape index (κ2) is 7.13. The highest BCUT2D eigenvalue weighted by Gasteiger charge is 2.23. The van der Waals surface area contributed by atoms with Gasteiger partial charge in [-0.05, 0) is 31.5 Å². The van der Waals surface area contributed by atoms with Gasteiger partial charge in [0.15, 0.2) is 0 Å². The van der Waals surface area contributed by atoms with Crippen LogP contribution in [-0.4, -0.2) is 38.1 Å². The average molecular weight is 335 g/mol. The van der Waals surface area contributed by atoms with Crippen LogP contribution in [0, 0.1) is 0 Å². The zero-order valence-corrected chi connectivity index (χ0v) is 14.0. The summed E-state index contributed by atoms with van der Waals surface area (Å²) in [6, 6.07) is 10.2. The van der Waals surface area contributed by atoms with Gasteiger partial charge in [0.05, 0.1) is 23.1 Å². The monoisotopic (exact) mass is 335 g/mol. The lowest BCUT2D eigenvalue weighted by molar-refractivity contribution is 0.244. The van der Waals surface area contributed by atoms with Crippen molar-refractivity contribution >= 4 is 22.4 Å². The minimum Gasteiger partial charge on any atom is -0.396 e. The molecule has 1 aliphatic rings. The van der Waals surface area contributed by atoms with Crippen LogP contribution in [0.3, 0.4) is 0 Å². The molecule has 0 bridgehead atoms. The molecule has 0 radical (unpaired) electrons. The van der Waals surface area contributed by atoms with Crippen molar-refractivity contribution in [2.45, 2.75) is 25.9 Å². The van der Waals surface area contributed by atoms with Crippen molar-refractivity contribution in [3.8, 4) is 0 Å². The molecule has 1 aromatic carbocycles. The van der Waals surface area contributed by atoms with Crippen molar-refractivity contribution in [1.82, 2.24) is 19.9 Å². The van der Waals surface area contributed by atoms with Gasteiger partial charge in [0.1, 0.15) is 12.1 Å². The maximum atomic E-state index is 8.94. The molecule has 2 aromatic heterocycles. The van der Waals surface area contributed by atoms with Crippen LogP contribution in [-0.2, 0) is 13.1 Å². The zero-order valence-electron chi connectivity index (χ0n) is 14.0. The van der Waals surface area contributed by atoms with Gasteiger partial charge in [0.2, 0.25) is 0 Å². The summed E-state index contributed by atoms with van der Waals surface area (Å²) in [5.41, 5.74) is 4.14. The molecule has 6 heteroatoms. The van der Waals surface area contributed by atoms with Gasteiger partial charge in [0, 0.05) is 30.6 Å². The lowest BCUT2D eigenvalue weighted by Gasteiger charge is -2.14. The normalized spacial score (nSPS) is 14.0. The van der Waals surface area contributed by atoms with E-state index in [0.29, 0.717) is 0 Å². The average Bonchev–Trinajstić information content (AvgIpc) is 3.06. The molecule has 0 fully saturated rings. The number of nitrogens with one attached hydrogen (secondary N) is 1. The van der Waals surface area contributed by atoms with Crippen LogP contribution in [0.25, 0.3) is 10.9 Å². The molecule has 0 atom stereocenters. The van der Waals surface area contributed by atoms with Crippen molar-refractivity contribution in [1.29, 1.82) is 0 Å². The number of fused-ring (bicyclic) bond motifs is 2. The van der Waals surface area contributed by atoms with E-state index in [9.17, 15) is 0 Å². The Labute approximate surface area is 146 Å². The topological polar surface area (TPSA) is 74.2 Å². The van der Waals surface area contributed by atoms with E-state index in [-0.39, 0.29) is 6.61 Å². The second-order valence-electron chi connectivity index (χ2n) is 6.33. The summed E-state index contributed by atoms with van der Waals surface area (Å²) in [5.74, 6) is 0.853. The van der Waals surface area contributed by atoms with E-state index in [2.05, 4.69) is 37.3 Å². The number of aliphatic hydroxyl groups is 1. The molecular weight excluding hydrogens is 314 g/mol. The fourth-order valence-electron chi connectivity index (χ4n) is 3.23. The molecule has 2 N–H and O–H groups in total. The predicted molar refractivity (Wildman–Crippen MR) is 97.5 cm³/mol. The summed E-state index contributed by atoms with van der Waals surface area (Å²) in [6.07, 6.45) is 5.29. The Morgan fingerprint density at radius 3 is 2.92 bits per heavy atom. The van der Waals surface area contributed by atoms with E-state index >= 15 is 0 Å². The number of aliphatic hydroxyl groups excluding tert-OH is 1. The fraction of sp³-hybridized carbons (Fsp3) is 0.316. The molecule has 6 nitrogen and oxygen atoms in total. The molecule has 3 heterocycles. The van der Waals surface area contributed by atoms with Crippen LogP contribution >= 0.6 is 0 Å². The fourth-order valence-corrected chi connectivity index (χ4v) is 3.23. The van der Waals surface area contributed by atoms with Crippen LogP contribution in [0.1, 0.15) is 24.1 Å². The Kier molecular flexibility index (Phi) is 4.54. The number of nitrogens with zero attached hydrogens (tertiary/aromatic N) is 4. The number of pyridine rings is 1. The minimum atomic E-state index is 0.252. The Balaban J connectivity index is 1.53. The molecular formula is C19H21N5O. The van der Waals surface area contributed by atoms with Gasteiger partial charge in [-0.1, -0.05) is 18.2 Å². The number of aromatic nitrogens is 3. The van der Waals surface area contributed by atoms with E-state index in [4.69, 9.17) is 5.11 Å². The molecule has 3 aromatic rings. The minimum absolute atomic E-state index is 0.252. The lowest BCUT2D eigenvalue weighted by Crippen LogP contribution is -2.18. The Hall–Kier alpha value is -2.57. The van der Waals surface area contributed by atoms with Gasteiger partial charge in [-0.25, -0.2) is 9.97 Å². The first-order valence-corrected chi connectivity index (χ1v) is 8.61. The van der Waals surface area contributed by atoms with Crippen LogP contribution in [0.2, 0.25) is 0 Å². The summed E-state index contributed by atoms with van der Waals surface area (Å²) in [6.45, 7) is 2.90. The molecule has 4 rings (SSSR count). The van der Waals surface area contributed by atoms with E-state index in [1.54, 1.807) is 6.33 Å². The first kappa shape index (κ1) is 15.9. The van der Waals surface area contributed by atoms with Gasteiger partial charge in [-0.3, -0.25) is 9.88 Å². The van der Waals surface area contributed by atoms with Gasteiger partial charge in [-0.2, -0.15) is 0 Å². The third kappa shape index (κ3) is 3.45. The van der Waals surface area contributed by atoms with Crippen molar-refractivity contribution in [2.75, 3.05) is 18.5 Å². The Bertz CT molecular complexity index is 883. The van der Waals surface area contributed by atoms with E-state index in [1.165, 1.54) is 0 Å². The number of anilines is 2. The van der Waals surface area contributed by atoms with Gasteiger partial charge < -0.3 is 10.4 Å². The highest BCUT2D eigenvalue weighted by molar-refractivity contribution is 5.82. The van der Waals surface area contributed by atoms with E-state index in [0.717, 1.165) is 66.1 Å². The molecule has 0 unspecified atom stereocenters. The number of unbranched alkanes of at least 4 members (excludes halogenated alkanes) is 1. The maximum Gasteiger partial charge on any atom is 0.138 e. The molecule has 128 valence electrons. The van der Waals surface area contributed by atoms with E-state index < -0.39 is 0 Å². The molecule has 0 spiro atoms. The number of hydrogen-bond donors (Lipinski definition) is 2. The third-order valence-corrected chi connectivity index (χ3v) is 4.53. The summed E-state index contributed by atoms with van der Waals surface area (Å²) < 4.78 is 0. The van der Waals surface area contributed by atoms with Crippen LogP contribution < -0.4 is 5.32 Å². The first-order valence-electron chi connectivity index (χ1n) is 8.61. The number of hydrogen-bond acceptors (Lipinski definition) is 6. The van der Waals surface area contributed by atoms with Crippen molar-refractivity contribution in [3.05, 3.63) is 54.1 Å². The highest BCUT2D eigenvalue weighted by Crippen LogP contribution is 2.28. The second-order valence-corrected chi connectivity index (χ2v) is 6.33. The highest BCUT2D eigenvalue weighted by atomic mass is 16.2. The molecule has 1 aliphatic heterocycles. The van der Waals surface area contributed by atoms with Crippen LogP contribution in [0.15, 0.2) is 42.9 Å². The summed E-state index contributed by atoms with van der Waals surface area (Å²) in [4.78, 5) is 15.7. The standard InChI is InChI=1S/C19H21N5O/c25-8-4-3-7-24-11-16-18(12-24)21-13-22-19(16)23-15-9-14-5-1-2-6-17(14)20-10-15/h1-2,5-6,9-10,13,25H,3-4,7-8,11-12H2,(H,21,22,23). The summed E-state index contributed by atoms with van der Waals surface area (Å²) in [5, 5.41) is 13.4. The third-order valence-electron chi connectivity index (χ3n) is 4.53. The quantitative estimate of drug-likeness (QED) is 0.675. The van der Waals surface area contributed by atoms with Crippen molar-refractivity contribution in [2.24, 2.45) is 0 Å². The smallest absolute Gasteiger partial charge is 0.138 e. The maximum absolute atomic E-state index is 8.94.